The van der Waals surface area contributed by atoms with Gasteiger partial charge in [-0.2, -0.15) is 0 Å². The highest BCUT2D eigenvalue weighted by atomic mass is 16.4. The highest BCUT2D eigenvalue weighted by Crippen LogP contribution is 2.16. The third-order valence-electron chi connectivity index (χ3n) is 2.37. The fourth-order valence-corrected chi connectivity index (χ4v) is 1.44. The van der Waals surface area contributed by atoms with Crippen LogP contribution in [0.25, 0.3) is 0 Å². The molecule has 0 bridgehead atoms. The van der Waals surface area contributed by atoms with Crippen LogP contribution in [0.3, 0.4) is 0 Å². The highest BCUT2D eigenvalue weighted by molar-refractivity contribution is 5.66. The molecule has 0 aliphatic heterocycles. The Labute approximate surface area is 79.8 Å². The first-order valence-electron chi connectivity index (χ1n) is 5.03. The lowest BCUT2D eigenvalue weighted by atomic mass is 9.96. The summed E-state index contributed by atoms with van der Waals surface area (Å²) in [5.41, 5.74) is 0. The lowest BCUT2D eigenvalue weighted by Gasteiger charge is -2.11. The Morgan fingerprint density at radius 1 is 1.31 bits per heavy atom. The minimum atomic E-state index is -0.713. The van der Waals surface area contributed by atoms with Crippen LogP contribution in [0.5, 0.6) is 0 Å². The van der Waals surface area contributed by atoms with E-state index in [0.717, 1.165) is 32.1 Å². The summed E-state index contributed by atoms with van der Waals surface area (Å²) < 4.78 is 0. The molecular weight excluding hydrogens is 168 g/mol. The summed E-state index contributed by atoms with van der Waals surface area (Å²) >= 11 is 0. The van der Waals surface area contributed by atoms with Crippen molar-refractivity contribution in [2.24, 2.45) is 5.92 Å². The molecule has 0 saturated heterocycles. The normalized spacial score (nSPS) is 12.8. The van der Waals surface area contributed by atoms with Crippen molar-refractivity contribution in [1.82, 2.24) is 0 Å². The molecule has 0 fully saturated rings. The number of carbonyl (C=O) groups is 1. The highest BCUT2D eigenvalue weighted by Gasteiger charge is 2.05. The first-order valence-corrected chi connectivity index (χ1v) is 5.03. The van der Waals surface area contributed by atoms with Crippen LogP contribution < -0.4 is 0 Å². The number of carboxylic acids is 1. The van der Waals surface area contributed by atoms with Gasteiger partial charge >= 0.3 is 5.97 Å². The number of aliphatic hydroxyl groups excluding tert-OH is 1. The van der Waals surface area contributed by atoms with E-state index in [4.69, 9.17) is 10.2 Å². The van der Waals surface area contributed by atoms with E-state index in [-0.39, 0.29) is 13.0 Å². The van der Waals surface area contributed by atoms with E-state index in [1.165, 1.54) is 0 Å². The second-order valence-electron chi connectivity index (χ2n) is 3.43. The van der Waals surface area contributed by atoms with E-state index < -0.39 is 5.97 Å². The maximum absolute atomic E-state index is 10.2. The molecule has 1 atom stereocenters. The van der Waals surface area contributed by atoms with Crippen LogP contribution in [0, 0.1) is 5.92 Å². The van der Waals surface area contributed by atoms with Crippen LogP contribution in [-0.4, -0.2) is 22.8 Å². The zero-order valence-corrected chi connectivity index (χ0v) is 8.33. The lowest BCUT2D eigenvalue weighted by molar-refractivity contribution is -0.137. The van der Waals surface area contributed by atoms with Crippen LogP contribution in [0.4, 0.5) is 0 Å². The fourth-order valence-electron chi connectivity index (χ4n) is 1.44. The third-order valence-corrected chi connectivity index (χ3v) is 2.37. The second kappa shape index (κ2) is 8.05. The van der Waals surface area contributed by atoms with Gasteiger partial charge in [0.1, 0.15) is 0 Å². The standard InChI is InChI=1S/C10H20O3/c1-2-9(7-8-11)5-3-4-6-10(12)13/h9,11H,2-8H2,1H3,(H,12,13). The smallest absolute Gasteiger partial charge is 0.303 e. The third kappa shape index (κ3) is 7.78. The number of aliphatic hydroxyl groups is 1. The summed E-state index contributed by atoms with van der Waals surface area (Å²) in [6.45, 7) is 2.36. The van der Waals surface area contributed by atoms with Gasteiger partial charge in [0.2, 0.25) is 0 Å². The van der Waals surface area contributed by atoms with Crippen LogP contribution >= 0.6 is 0 Å². The van der Waals surface area contributed by atoms with Crippen molar-refractivity contribution in [3.63, 3.8) is 0 Å². The van der Waals surface area contributed by atoms with Crippen molar-refractivity contribution >= 4 is 5.97 Å². The zero-order valence-electron chi connectivity index (χ0n) is 8.33. The average Bonchev–Trinajstić information content (AvgIpc) is 2.10. The van der Waals surface area contributed by atoms with Crippen molar-refractivity contribution in [3.8, 4) is 0 Å². The molecule has 0 rings (SSSR count). The molecule has 3 heteroatoms. The molecule has 3 nitrogen and oxygen atoms in total. The molecule has 2 N–H and O–H groups in total. The van der Waals surface area contributed by atoms with Gasteiger partial charge in [0.05, 0.1) is 0 Å². The number of hydrogen-bond donors (Lipinski definition) is 2. The van der Waals surface area contributed by atoms with E-state index in [1.807, 2.05) is 0 Å². The number of hydrogen-bond acceptors (Lipinski definition) is 2. The van der Waals surface area contributed by atoms with E-state index in [0.29, 0.717) is 5.92 Å². The van der Waals surface area contributed by atoms with Crippen LogP contribution in [0.2, 0.25) is 0 Å². The average molecular weight is 188 g/mol. The Bertz CT molecular complexity index is 134. The van der Waals surface area contributed by atoms with Gasteiger partial charge in [-0.3, -0.25) is 4.79 Å². The van der Waals surface area contributed by atoms with Crippen molar-refractivity contribution in [3.05, 3.63) is 0 Å². The Kier molecular flexibility index (Phi) is 7.69. The van der Waals surface area contributed by atoms with Crippen LogP contribution in [0.15, 0.2) is 0 Å². The summed E-state index contributed by atoms with van der Waals surface area (Å²) in [4.78, 5) is 10.2. The Morgan fingerprint density at radius 2 is 2.00 bits per heavy atom. The van der Waals surface area contributed by atoms with Gasteiger partial charge in [-0.05, 0) is 18.8 Å². The van der Waals surface area contributed by atoms with Crippen molar-refractivity contribution in [2.75, 3.05) is 6.61 Å². The fraction of sp³-hybridized carbons (Fsp3) is 0.900. The first-order chi connectivity index (χ1) is 6.20. The number of rotatable bonds is 8. The molecule has 0 radical (unpaired) electrons. The van der Waals surface area contributed by atoms with Gasteiger partial charge in [-0.15, -0.1) is 0 Å². The van der Waals surface area contributed by atoms with Gasteiger partial charge in [0.15, 0.2) is 0 Å². The molecule has 0 saturated carbocycles. The topological polar surface area (TPSA) is 57.5 Å². The zero-order chi connectivity index (χ0) is 10.1. The Morgan fingerprint density at radius 3 is 2.46 bits per heavy atom. The molecule has 78 valence electrons. The van der Waals surface area contributed by atoms with Gasteiger partial charge in [0, 0.05) is 13.0 Å². The molecule has 0 aliphatic carbocycles. The molecular formula is C10H20O3. The van der Waals surface area contributed by atoms with Crippen molar-refractivity contribution in [1.29, 1.82) is 0 Å². The number of aliphatic carboxylic acids is 1. The lowest BCUT2D eigenvalue weighted by Crippen LogP contribution is -2.02. The monoisotopic (exact) mass is 188 g/mol. The summed E-state index contributed by atoms with van der Waals surface area (Å²) in [6.07, 6.45) is 4.97. The molecule has 0 aromatic rings. The van der Waals surface area contributed by atoms with Gasteiger partial charge in [-0.25, -0.2) is 0 Å². The van der Waals surface area contributed by atoms with Crippen LogP contribution in [-0.2, 0) is 4.79 Å². The second-order valence-corrected chi connectivity index (χ2v) is 3.43. The Balaban J connectivity index is 3.32. The van der Waals surface area contributed by atoms with E-state index in [2.05, 4.69) is 6.92 Å². The van der Waals surface area contributed by atoms with Gasteiger partial charge < -0.3 is 10.2 Å². The maximum atomic E-state index is 10.2. The molecule has 0 heterocycles. The number of unbranched alkanes of at least 4 members (excludes halogenated alkanes) is 1. The molecule has 13 heavy (non-hydrogen) atoms. The van der Waals surface area contributed by atoms with Gasteiger partial charge in [0.25, 0.3) is 0 Å². The molecule has 0 aromatic carbocycles. The van der Waals surface area contributed by atoms with E-state index >= 15 is 0 Å². The minimum absolute atomic E-state index is 0.247. The van der Waals surface area contributed by atoms with Crippen LogP contribution in [0.1, 0.15) is 45.4 Å². The summed E-state index contributed by atoms with van der Waals surface area (Å²) in [6, 6.07) is 0. The van der Waals surface area contributed by atoms with E-state index in [9.17, 15) is 4.79 Å². The molecule has 1 unspecified atom stereocenters. The predicted molar refractivity (Wildman–Crippen MR) is 51.6 cm³/mol. The van der Waals surface area contributed by atoms with E-state index in [1.54, 1.807) is 0 Å². The summed E-state index contributed by atoms with van der Waals surface area (Å²) in [5, 5.41) is 17.1. The quantitative estimate of drug-likeness (QED) is 0.573. The predicted octanol–water partition coefficient (Wildman–Crippen LogP) is 2.04. The molecule has 0 aromatic heterocycles. The molecule has 0 amide bonds. The summed E-state index contributed by atoms with van der Waals surface area (Å²) in [7, 11) is 0. The Hall–Kier alpha value is -0.570. The molecule has 0 spiro atoms. The molecule has 0 aliphatic rings. The largest absolute Gasteiger partial charge is 0.481 e. The number of carboxylic acid groups (broad SMARTS) is 1. The van der Waals surface area contributed by atoms with Crippen molar-refractivity contribution < 1.29 is 15.0 Å². The van der Waals surface area contributed by atoms with Gasteiger partial charge in [-0.1, -0.05) is 26.2 Å². The first kappa shape index (κ1) is 12.4. The van der Waals surface area contributed by atoms with Crippen molar-refractivity contribution in [2.45, 2.75) is 45.4 Å². The minimum Gasteiger partial charge on any atom is -0.481 e. The summed E-state index contributed by atoms with van der Waals surface area (Å²) in [5.74, 6) is -0.144. The maximum Gasteiger partial charge on any atom is 0.303 e. The SMILES string of the molecule is CCC(CCO)CCCCC(=O)O.